The van der Waals surface area contributed by atoms with E-state index in [-0.39, 0.29) is 18.7 Å². The molecule has 5 fully saturated rings. The Bertz CT molecular complexity index is 735. The van der Waals surface area contributed by atoms with Gasteiger partial charge in [-0.1, -0.05) is 30.3 Å². The molecule has 0 spiro atoms. The van der Waals surface area contributed by atoms with Crippen molar-refractivity contribution < 1.29 is 14.3 Å². The number of nitrogens with one attached hydrogen (secondary N) is 1. The smallest absolute Gasteiger partial charge is 0.407 e. The number of hydrogen-bond acceptors (Lipinski definition) is 3. The molecule has 1 aromatic rings. The van der Waals surface area contributed by atoms with Gasteiger partial charge in [-0.25, -0.2) is 4.79 Å². The standard InChI is InChI=1S/C25H34N2O3/c28-23(16-25-13-19-10-20(14-25)12-21(11-19)15-25)27-8-6-22(7-9-27)26-24(29)30-17-18-4-2-1-3-5-18/h1-5,19-22H,6-17H2,(H,26,29). The first-order valence-corrected chi connectivity index (χ1v) is 11.8. The molecule has 1 aliphatic heterocycles. The third-order valence-electron chi connectivity index (χ3n) is 8.07. The largest absolute Gasteiger partial charge is 0.445 e. The molecular weight excluding hydrogens is 376 g/mol. The highest BCUT2D eigenvalue weighted by Gasteiger charge is 2.51. The zero-order chi connectivity index (χ0) is 20.6. The number of nitrogens with zero attached hydrogens (tertiary/aromatic N) is 1. The molecule has 0 aromatic heterocycles. The number of ether oxygens (including phenoxy) is 1. The molecule has 4 aliphatic carbocycles. The van der Waals surface area contributed by atoms with Crippen LogP contribution in [-0.2, 0) is 16.1 Å². The molecule has 0 radical (unpaired) electrons. The van der Waals surface area contributed by atoms with E-state index in [9.17, 15) is 9.59 Å². The van der Waals surface area contributed by atoms with Gasteiger partial charge in [0.1, 0.15) is 6.61 Å². The van der Waals surface area contributed by atoms with Crippen LogP contribution in [-0.4, -0.2) is 36.0 Å². The lowest BCUT2D eigenvalue weighted by molar-refractivity contribution is -0.140. The van der Waals surface area contributed by atoms with Crippen molar-refractivity contribution in [1.82, 2.24) is 10.2 Å². The number of likely N-dealkylation sites (tertiary alicyclic amines) is 1. The summed E-state index contributed by atoms with van der Waals surface area (Å²) in [5.74, 6) is 3.02. The van der Waals surface area contributed by atoms with Crippen molar-refractivity contribution in [3.8, 4) is 0 Å². The molecule has 6 rings (SSSR count). The van der Waals surface area contributed by atoms with Crippen LogP contribution in [0.4, 0.5) is 4.79 Å². The minimum atomic E-state index is -0.364. The average molecular weight is 411 g/mol. The van der Waals surface area contributed by atoms with Crippen LogP contribution >= 0.6 is 0 Å². The minimum absolute atomic E-state index is 0.0943. The molecular formula is C25H34N2O3. The van der Waals surface area contributed by atoms with Crippen LogP contribution in [0.15, 0.2) is 30.3 Å². The number of amides is 2. The molecule has 1 heterocycles. The van der Waals surface area contributed by atoms with Gasteiger partial charge in [0.05, 0.1) is 0 Å². The Morgan fingerprint density at radius 1 is 0.967 bits per heavy atom. The Balaban J connectivity index is 1.06. The number of carbonyl (C=O) groups is 2. The Morgan fingerprint density at radius 3 is 2.17 bits per heavy atom. The van der Waals surface area contributed by atoms with E-state index in [1.807, 2.05) is 35.2 Å². The van der Waals surface area contributed by atoms with Crippen LogP contribution < -0.4 is 5.32 Å². The first kappa shape index (κ1) is 19.9. The van der Waals surface area contributed by atoms with Gasteiger partial charge < -0.3 is 15.0 Å². The summed E-state index contributed by atoms with van der Waals surface area (Å²) in [6, 6.07) is 9.81. The summed E-state index contributed by atoms with van der Waals surface area (Å²) >= 11 is 0. The number of benzene rings is 1. The third-order valence-corrected chi connectivity index (χ3v) is 8.07. The van der Waals surface area contributed by atoms with Crippen LogP contribution in [0.1, 0.15) is 63.4 Å². The number of hydrogen-bond donors (Lipinski definition) is 1. The van der Waals surface area contributed by atoms with Crippen molar-refractivity contribution >= 4 is 12.0 Å². The molecule has 1 aromatic carbocycles. The van der Waals surface area contributed by atoms with Crippen LogP contribution in [0, 0.1) is 23.2 Å². The molecule has 5 aliphatic rings. The first-order valence-electron chi connectivity index (χ1n) is 11.8. The molecule has 4 saturated carbocycles. The van der Waals surface area contributed by atoms with Crippen molar-refractivity contribution in [2.75, 3.05) is 13.1 Å². The van der Waals surface area contributed by atoms with E-state index in [1.165, 1.54) is 38.5 Å². The van der Waals surface area contributed by atoms with Crippen molar-refractivity contribution in [2.24, 2.45) is 23.2 Å². The van der Waals surface area contributed by atoms with Crippen molar-refractivity contribution in [3.05, 3.63) is 35.9 Å². The molecule has 4 bridgehead atoms. The van der Waals surface area contributed by atoms with E-state index >= 15 is 0 Å². The fraction of sp³-hybridized carbons (Fsp3) is 0.680. The molecule has 1 N–H and O–H groups in total. The maximum Gasteiger partial charge on any atom is 0.407 e. The van der Waals surface area contributed by atoms with Crippen molar-refractivity contribution in [3.63, 3.8) is 0 Å². The van der Waals surface area contributed by atoms with Crippen molar-refractivity contribution in [1.29, 1.82) is 0 Å². The summed E-state index contributed by atoms with van der Waals surface area (Å²) in [4.78, 5) is 27.2. The first-order chi connectivity index (χ1) is 14.6. The molecule has 162 valence electrons. The van der Waals surface area contributed by atoms with E-state index in [4.69, 9.17) is 4.74 Å². The quantitative estimate of drug-likeness (QED) is 0.777. The molecule has 0 unspecified atom stereocenters. The zero-order valence-corrected chi connectivity index (χ0v) is 17.9. The molecule has 5 nitrogen and oxygen atoms in total. The second-order valence-corrected chi connectivity index (χ2v) is 10.5. The normalized spacial score (nSPS) is 32.8. The lowest BCUT2D eigenvalue weighted by atomic mass is 9.49. The van der Waals surface area contributed by atoms with Gasteiger partial charge in [-0.05, 0) is 80.1 Å². The number of rotatable bonds is 5. The van der Waals surface area contributed by atoms with Gasteiger partial charge in [0, 0.05) is 25.6 Å². The minimum Gasteiger partial charge on any atom is -0.445 e. The van der Waals surface area contributed by atoms with Crippen LogP contribution in [0.25, 0.3) is 0 Å². The lowest BCUT2D eigenvalue weighted by Gasteiger charge is -2.57. The van der Waals surface area contributed by atoms with Crippen LogP contribution in [0.2, 0.25) is 0 Å². The summed E-state index contributed by atoms with van der Waals surface area (Å²) < 4.78 is 5.33. The van der Waals surface area contributed by atoms with E-state index in [0.717, 1.165) is 55.7 Å². The van der Waals surface area contributed by atoms with Gasteiger partial charge in [-0.3, -0.25) is 4.79 Å². The topological polar surface area (TPSA) is 58.6 Å². The molecule has 0 atom stereocenters. The summed E-state index contributed by atoms with van der Waals surface area (Å²) in [6.07, 6.45) is 10.1. The predicted molar refractivity (Wildman–Crippen MR) is 115 cm³/mol. The summed E-state index contributed by atoms with van der Waals surface area (Å²) in [7, 11) is 0. The zero-order valence-electron chi connectivity index (χ0n) is 17.9. The van der Waals surface area contributed by atoms with Crippen molar-refractivity contribution in [2.45, 2.75) is 70.4 Å². The second kappa shape index (κ2) is 8.24. The maximum atomic E-state index is 13.1. The maximum absolute atomic E-state index is 13.1. The van der Waals surface area contributed by atoms with Gasteiger partial charge in [-0.15, -0.1) is 0 Å². The Hall–Kier alpha value is -2.04. The SMILES string of the molecule is O=C(NC1CCN(C(=O)CC23CC4CC(CC(C4)C2)C3)CC1)OCc1ccccc1. The molecule has 5 heteroatoms. The average Bonchev–Trinajstić information content (AvgIpc) is 2.72. The Labute approximate surface area is 179 Å². The number of piperidine rings is 1. The van der Waals surface area contributed by atoms with Gasteiger partial charge in [0.15, 0.2) is 0 Å². The molecule has 1 saturated heterocycles. The fourth-order valence-corrected chi connectivity index (χ4v) is 7.14. The van der Waals surface area contributed by atoms with Crippen LogP contribution in [0.3, 0.4) is 0 Å². The highest BCUT2D eigenvalue weighted by molar-refractivity contribution is 5.77. The molecule has 30 heavy (non-hydrogen) atoms. The predicted octanol–water partition coefficient (Wildman–Crippen LogP) is 4.51. The molecule has 2 amide bonds. The van der Waals surface area contributed by atoms with E-state index in [0.29, 0.717) is 11.3 Å². The summed E-state index contributed by atoms with van der Waals surface area (Å²) in [5.41, 5.74) is 1.29. The Kier molecular flexibility index (Phi) is 5.46. The van der Waals surface area contributed by atoms with E-state index in [1.54, 1.807) is 0 Å². The van der Waals surface area contributed by atoms with Gasteiger partial charge in [0.2, 0.25) is 5.91 Å². The highest BCUT2D eigenvalue weighted by Crippen LogP contribution is 2.61. The number of carbonyl (C=O) groups excluding carboxylic acids is 2. The monoisotopic (exact) mass is 410 g/mol. The summed E-state index contributed by atoms with van der Waals surface area (Å²) in [6.45, 7) is 1.78. The number of alkyl carbamates (subject to hydrolysis) is 1. The Morgan fingerprint density at radius 2 is 1.57 bits per heavy atom. The third kappa shape index (κ3) is 4.35. The summed E-state index contributed by atoms with van der Waals surface area (Å²) in [5, 5.41) is 2.98. The van der Waals surface area contributed by atoms with Gasteiger partial charge >= 0.3 is 6.09 Å². The van der Waals surface area contributed by atoms with Crippen LogP contribution in [0.5, 0.6) is 0 Å². The lowest BCUT2D eigenvalue weighted by Crippen LogP contribution is -2.50. The van der Waals surface area contributed by atoms with Gasteiger partial charge in [0.25, 0.3) is 0 Å². The second-order valence-electron chi connectivity index (χ2n) is 10.5. The van der Waals surface area contributed by atoms with E-state index < -0.39 is 0 Å². The van der Waals surface area contributed by atoms with E-state index in [2.05, 4.69) is 5.32 Å². The van der Waals surface area contributed by atoms with Gasteiger partial charge in [-0.2, -0.15) is 0 Å². The highest BCUT2D eigenvalue weighted by atomic mass is 16.5. The fourth-order valence-electron chi connectivity index (χ4n) is 7.14.